The van der Waals surface area contributed by atoms with Gasteiger partial charge in [0.1, 0.15) is 11.6 Å². The van der Waals surface area contributed by atoms with Gasteiger partial charge in [-0.15, -0.1) is 0 Å². The second-order valence-corrected chi connectivity index (χ2v) is 13.1. The lowest BCUT2D eigenvalue weighted by Crippen LogP contribution is -2.56. The summed E-state index contributed by atoms with van der Waals surface area (Å²) in [6, 6.07) is 15.0. The number of halogens is 1. The Hall–Kier alpha value is -3.20. The molecule has 0 radical (unpaired) electrons. The number of nitrogens with one attached hydrogen (secondary N) is 2. The number of benzene rings is 2. The van der Waals surface area contributed by atoms with Crippen LogP contribution in [0.3, 0.4) is 0 Å². The van der Waals surface area contributed by atoms with Crippen LogP contribution >= 0.6 is 11.6 Å². The van der Waals surface area contributed by atoms with Gasteiger partial charge in [0.2, 0.25) is 17.7 Å². The predicted molar refractivity (Wildman–Crippen MR) is 171 cm³/mol. The fraction of sp³-hybridized carbons (Fsp3) is 0.514. The van der Waals surface area contributed by atoms with Gasteiger partial charge in [-0.3, -0.25) is 19.3 Å². The third kappa shape index (κ3) is 5.92. The molecule has 234 valence electrons. The summed E-state index contributed by atoms with van der Waals surface area (Å²) in [5, 5.41) is 6.79. The average Bonchev–Trinajstić information content (AvgIpc) is 3.67. The number of carbonyl (C=O) groups excluding carboxylic acids is 3. The topological polar surface area (TPSA) is 91.0 Å². The Morgan fingerprint density at radius 2 is 1.86 bits per heavy atom. The molecule has 5 atom stereocenters. The van der Waals surface area contributed by atoms with Crippen molar-refractivity contribution in [2.45, 2.75) is 82.7 Å². The van der Waals surface area contributed by atoms with E-state index in [1.807, 2.05) is 43.3 Å². The summed E-state index contributed by atoms with van der Waals surface area (Å²) in [6.07, 6.45) is 9.11. The molecular formula is C35H43ClN4O4. The van der Waals surface area contributed by atoms with Crippen molar-refractivity contribution in [3.05, 3.63) is 76.8 Å². The molecule has 3 amide bonds. The molecule has 9 heteroatoms. The molecule has 2 saturated heterocycles. The third-order valence-corrected chi connectivity index (χ3v) is 10.3. The molecule has 3 heterocycles. The van der Waals surface area contributed by atoms with Crippen LogP contribution in [0.15, 0.2) is 60.7 Å². The summed E-state index contributed by atoms with van der Waals surface area (Å²) < 4.78 is 6.52. The van der Waals surface area contributed by atoms with Gasteiger partial charge in [0, 0.05) is 36.4 Å². The van der Waals surface area contributed by atoms with Crippen molar-refractivity contribution in [2.24, 2.45) is 11.8 Å². The van der Waals surface area contributed by atoms with Crippen molar-refractivity contribution in [1.82, 2.24) is 15.1 Å². The van der Waals surface area contributed by atoms with Crippen LogP contribution in [0.25, 0.3) is 0 Å². The smallest absolute Gasteiger partial charge is 0.246 e. The zero-order valence-corrected chi connectivity index (χ0v) is 26.4. The highest BCUT2D eigenvalue weighted by atomic mass is 35.5. The maximum absolute atomic E-state index is 14.3. The van der Waals surface area contributed by atoms with Gasteiger partial charge in [-0.2, -0.15) is 0 Å². The summed E-state index contributed by atoms with van der Waals surface area (Å²) in [5.74, 6) is -2.18. The van der Waals surface area contributed by atoms with Crippen LogP contribution in [0.4, 0.5) is 5.69 Å². The van der Waals surface area contributed by atoms with E-state index in [1.54, 1.807) is 17.0 Å². The van der Waals surface area contributed by atoms with E-state index >= 15 is 0 Å². The van der Waals surface area contributed by atoms with E-state index in [-0.39, 0.29) is 23.8 Å². The molecular weight excluding hydrogens is 576 g/mol. The standard InChI is InChI=1S/C35H43ClN4O4/c1-3-39(22-24-11-6-4-7-12-24)19-10-20-40-31(33(42)37-25-13-8-5-9-14-25)35-18-17-28(44-35)29(30(35)34(40)43)32(41)38-26-16-15-23(2)27(36)21-26/h4,6-7,11-12,15-18,21,25,28-31H,3,5,8-10,13-14,19-20,22H2,1-2H3,(H,37,42)(H,38,41)/t28-,29+,30-,31-,35+/m1/s1. The number of hydrogen-bond donors (Lipinski definition) is 2. The third-order valence-electron chi connectivity index (χ3n) is 9.89. The predicted octanol–water partition coefficient (Wildman–Crippen LogP) is 5.10. The number of nitrogens with zero attached hydrogens (tertiary/aromatic N) is 2. The van der Waals surface area contributed by atoms with E-state index in [9.17, 15) is 14.4 Å². The fourth-order valence-electron chi connectivity index (χ4n) is 7.59. The van der Waals surface area contributed by atoms with Crippen molar-refractivity contribution in [3.8, 4) is 0 Å². The Bertz CT molecular complexity index is 1410. The number of rotatable bonds is 11. The van der Waals surface area contributed by atoms with Gasteiger partial charge >= 0.3 is 0 Å². The first kappa shape index (κ1) is 30.8. The Morgan fingerprint density at radius 3 is 2.59 bits per heavy atom. The average molecular weight is 619 g/mol. The number of likely N-dealkylation sites (tertiary alicyclic amines) is 1. The normalized spacial score (nSPS) is 27.6. The molecule has 4 aliphatic rings. The Morgan fingerprint density at radius 1 is 1.09 bits per heavy atom. The van der Waals surface area contributed by atoms with E-state index in [2.05, 4.69) is 34.6 Å². The zero-order valence-electron chi connectivity index (χ0n) is 25.6. The van der Waals surface area contributed by atoms with Crippen LogP contribution in [0.5, 0.6) is 0 Å². The second-order valence-electron chi connectivity index (χ2n) is 12.7. The minimum absolute atomic E-state index is 0.0954. The van der Waals surface area contributed by atoms with E-state index < -0.39 is 29.6 Å². The molecule has 2 N–H and O–H groups in total. The highest BCUT2D eigenvalue weighted by Gasteiger charge is 2.72. The second kappa shape index (κ2) is 13.0. The molecule has 8 nitrogen and oxygen atoms in total. The first-order chi connectivity index (χ1) is 21.3. The SMILES string of the molecule is CCN(CCCN1C(=O)[C@H]2[C@@H](C(=O)Nc3ccc(C)c(Cl)c3)[C@H]3C=C[C@@]2(O3)[C@H]1C(=O)NC1CCCCC1)Cc1ccccc1. The van der Waals surface area contributed by atoms with Gasteiger partial charge in [0.25, 0.3) is 0 Å². The van der Waals surface area contributed by atoms with E-state index in [4.69, 9.17) is 16.3 Å². The largest absolute Gasteiger partial charge is 0.359 e. The van der Waals surface area contributed by atoms with E-state index in [1.165, 1.54) is 12.0 Å². The monoisotopic (exact) mass is 618 g/mol. The number of hydrogen-bond acceptors (Lipinski definition) is 5. The minimum Gasteiger partial charge on any atom is -0.359 e. The fourth-order valence-corrected chi connectivity index (χ4v) is 7.77. The van der Waals surface area contributed by atoms with Gasteiger partial charge in [0.15, 0.2) is 0 Å². The Labute approximate surface area is 265 Å². The lowest BCUT2D eigenvalue weighted by Gasteiger charge is -2.34. The number of fused-ring (bicyclic) bond motifs is 1. The molecule has 6 rings (SSSR count). The number of ether oxygens (including phenoxy) is 1. The quantitative estimate of drug-likeness (QED) is 0.342. The maximum Gasteiger partial charge on any atom is 0.246 e. The van der Waals surface area contributed by atoms with Crippen molar-refractivity contribution < 1.29 is 19.1 Å². The molecule has 1 aliphatic carbocycles. The first-order valence-electron chi connectivity index (χ1n) is 16.1. The molecule has 1 spiro atoms. The molecule has 2 aromatic rings. The molecule has 0 unspecified atom stereocenters. The zero-order chi connectivity index (χ0) is 30.8. The molecule has 2 aromatic carbocycles. The number of aryl methyl sites for hydroxylation is 1. The van der Waals surface area contributed by atoms with Crippen molar-refractivity contribution >= 4 is 35.0 Å². The van der Waals surface area contributed by atoms with Crippen molar-refractivity contribution in [3.63, 3.8) is 0 Å². The van der Waals surface area contributed by atoms with Crippen LogP contribution < -0.4 is 10.6 Å². The molecule has 44 heavy (non-hydrogen) atoms. The summed E-state index contributed by atoms with van der Waals surface area (Å²) in [7, 11) is 0. The van der Waals surface area contributed by atoms with E-state index in [0.717, 1.165) is 50.9 Å². The van der Waals surface area contributed by atoms with Gasteiger partial charge in [-0.05, 0) is 56.0 Å². The summed E-state index contributed by atoms with van der Waals surface area (Å²) in [4.78, 5) is 46.2. The summed E-state index contributed by atoms with van der Waals surface area (Å²) in [6.45, 7) is 6.92. The minimum atomic E-state index is -1.16. The summed E-state index contributed by atoms with van der Waals surface area (Å²) >= 11 is 6.31. The lowest BCUT2D eigenvalue weighted by atomic mass is 9.74. The highest BCUT2D eigenvalue weighted by Crippen LogP contribution is 2.55. The van der Waals surface area contributed by atoms with E-state index in [0.29, 0.717) is 23.7 Å². The molecule has 1 saturated carbocycles. The highest BCUT2D eigenvalue weighted by molar-refractivity contribution is 6.31. The number of amides is 3. The van der Waals surface area contributed by atoms with Crippen LogP contribution in [0.1, 0.15) is 56.6 Å². The van der Waals surface area contributed by atoms with Gasteiger partial charge in [-0.25, -0.2) is 0 Å². The first-order valence-corrected chi connectivity index (χ1v) is 16.5. The van der Waals surface area contributed by atoms with Gasteiger partial charge in [-0.1, -0.05) is 86.3 Å². The maximum atomic E-state index is 14.3. The van der Waals surface area contributed by atoms with Gasteiger partial charge < -0.3 is 20.3 Å². The Balaban J connectivity index is 1.22. The molecule has 2 bridgehead atoms. The lowest BCUT2D eigenvalue weighted by molar-refractivity contribution is -0.141. The number of carbonyl (C=O) groups is 3. The Kier molecular flexibility index (Phi) is 9.13. The molecule has 0 aromatic heterocycles. The summed E-state index contributed by atoms with van der Waals surface area (Å²) in [5.41, 5.74) is 1.55. The van der Waals surface area contributed by atoms with Crippen LogP contribution in [-0.2, 0) is 25.7 Å². The van der Waals surface area contributed by atoms with Crippen molar-refractivity contribution in [2.75, 3.05) is 25.0 Å². The molecule has 3 fully saturated rings. The van der Waals surface area contributed by atoms with Crippen LogP contribution in [-0.4, -0.2) is 70.9 Å². The van der Waals surface area contributed by atoms with Crippen LogP contribution in [0.2, 0.25) is 5.02 Å². The van der Waals surface area contributed by atoms with Gasteiger partial charge in [0.05, 0.1) is 17.9 Å². The van der Waals surface area contributed by atoms with Crippen LogP contribution in [0, 0.1) is 18.8 Å². The van der Waals surface area contributed by atoms with Crippen molar-refractivity contribution in [1.29, 1.82) is 0 Å². The number of anilines is 1. The molecule has 3 aliphatic heterocycles.